The molecule has 0 aliphatic carbocycles. The summed E-state index contributed by atoms with van der Waals surface area (Å²) in [5.74, 6) is -1.37. The average Bonchev–Trinajstić information content (AvgIpc) is 3.31. The molecule has 0 bridgehead atoms. The molecule has 0 amide bonds. The highest BCUT2D eigenvalue weighted by Gasteiger charge is 2.17. The normalized spacial score (nSPS) is 11.3. The SMILES string of the molecule is O=C(OCC(=O)c1ccc(F)cc1)/C(=C/c1cccs1)c1cccs1. The third kappa shape index (κ3) is 4.49. The van der Waals surface area contributed by atoms with Gasteiger partial charge in [0.05, 0.1) is 5.57 Å². The Morgan fingerprint density at radius 3 is 2.36 bits per heavy atom. The summed E-state index contributed by atoms with van der Waals surface area (Å²) in [5.41, 5.74) is 0.707. The molecule has 3 rings (SSSR count). The predicted molar refractivity (Wildman–Crippen MR) is 98.2 cm³/mol. The van der Waals surface area contributed by atoms with E-state index in [9.17, 15) is 14.0 Å². The van der Waals surface area contributed by atoms with Gasteiger partial charge < -0.3 is 4.74 Å². The molecule has 0 saturated carbocycles. The van der Waals surface area contributed by atoms with Gasteiger partial charge in [0.15, 0.2) is 12.4 Å². The molecule has 0 radical (unpaired) electrons. The van der Waals surface area contributed by atoms with Crippen LogP contribution >= 0.6 is 22.7 Å². The van der Waals surface area contributed by atoms with Gasteiger partial charge in [-0.3, -0.25) is 4.79 Å². The Morgan fingerprint density at radius 2 is 1.72 bits per heavy atom. The van der Waals surface area contributed by atoms with Crippen LogP contribution < -0.4 is 0 Å². The maximum Gasteiger partial charge on any atom is 0.340 e. The van der Waals surface area contributed by atoms with Crippen molar-refractivity contribution in [3.8, 4) is 0 Å². The van der Waals surface area contributed by atoms with Crippen LogP contribution in [0.2, 0.25) is 0 Å². The Morgan fingerprint density at radius 1 is 1.00 bits per heavy atom. The fraction of sp³-hybridized carbons (Fsp3) is 0.0526. The lowest BCUT2D eigenvalue weighted by molar-refractivity contribution is -0.135. The van der Waals surface area contributed by atoms with Gasteiger partial charge in [0.1, 0.15) is 5.82 Å². The van der Waals surface area contributed by atoms with Crippen molar-refractivity contribution in [2.24, 2.45) is 0 Å². The van der Waals surface area contributed by atoms with Gasteiger partial charge >= 0.3 is 5.97 Å². The van der Waals surface area contributed by atoms with Gasteiger partial charge in [-0.15, -0.1) is 22.7 Å². The highest BCUT2D eigenvalue weighted by molar-refractivity contribution is 7.12. The van der Waals surface area contributed by atoms with E-state index < -0.39 is 18.4 Å². The van der Waals surface area contributed by atoms with E-state index in [1.807, 2.05) is 35.0 Å². The molecule has 1 aromatic carbocycles. The smallest absolute Gasteiger partial charge is 0.340 e. The summed E-state index contributed by atoms with van der Waals surface area (Å²) in [4.78, 5) is 26.2. The van der Waals surface area contributed by atoms with Gasteiger partial charge in [-0.1, -0.05) is 12.1 Å². The van der Waals surface area contributed by atoms with Crippen molar-refractivity contribution in [2.45, 2.75) is 0 Å². The number of Topliss-reactive ketones (excluding diaryl/α,β-unsaturated/α-hetero) is 1. The van der Waals surface area contributed by atoms with E-state index in [1.54, 1.807) is 6.08 Å². The molecule has 0 spiro atoms. The van der Waals surface area contributed by atoms with Gasteiger partial charge in [-0.2, -0.15) is 0 Å². The lowest BCUT2D eigenvalue weighted by atomic mass is 10.1. The molecule has 25 heavy (non-hydrogen) atoms. The molecule has 0 N–H and O–H groups in total. The molecule has 0 unspecified atom stereocenters. The Bertz CT molecular complexity index is 879. The third-order valence-electron chi connectivity index (χ3n) is 3.34. The van der Waals surface area contributed by atoms with Gasteiger partial charge in [0.2, 0.25) is 0 Å². The topological polar surface area (TPSA) is 43.4 Å². The first-order chi connectivity index (χ1) is 12.1. The molecule has 0 atom stereocenters. The predicted octanol–water partition coefficient (Wildman–Crippen LogP) is 4.92. The summed E-state index contributed by atoms with van der Waals surface area (Å²) in [6.45, 7) is -0.391. The highest BCUT2D eigenvalue weighted by atomic mass is 32.1. The minimum atomic E-state index is -0.564. The minimum Gasteiger partial charge on any atom is -0.454 e. The van der Waals surface area contributed by atoms with Gasteiger partial charge in [-0.25, -0.2) is 9.18 Å². The zero-order valence-electron chi connectivity index (χ0n) is 13.0. The van der Waals surface area contributed by atoms with Crippen molar-refractivity contribution in [1.29, 1.82) is 0 Å². The van der Waals surface area contributed by atoms with Crippen LogP contribution in [-0.2, 0) is 9.53 Å². The molecule has 6 heteroatoms. The second-order valence-electron chi connectivity index (χ2n) is 5.06. The van der Waals surface area contributed by atoms with Crippen LogP contribution in [0.4, 0.5) is 4.39 Å². The zero-order valence-corrected chi connectivity index (χ0v) is 14.6. The molecule has 3 aromatic rings. The molecule has 0 fully saturated rings. The number of thiophene rings is 2. The van der Waals surface area contributed by atoms with E-state index in [0.717, 1.165) is 9.75 Å². The van der Waals surface area contributed by atoms with Crippen molar-refractivity contribution >= 4 is 46.1 Å². The lowest BCUT2D eigenvalue weighted by Crippen LogP contribution is -2.15. The quantitative estimate of drug-likeness (QED) is 0.351. The molecule has 2 heterocycles. The fourth-order valence-electron chi connectivity index (χ4n) is 2.11. The first kappa shape index (κ1) is 17.3. The van der Waals surface area contributed by atoms with Crippen molar-refractivity contribution in [2.75, 3.05) is 6.61 Å². The van der Waals surface area contributed by atoms with E-state index in [2.05, 4.69) is 0 Å². The number of rotatable bonds is 6. The number of ether oxygens (including phenoxy) is 1. The first-order valence-electron chi connectivity index (χ1n) is 7.38. The van der Waals surface area contributed by atoms with Crippen LogP contribution in [0, 0.1) is 5.82 Å². The molecule has 2 aromatic heterocycles. The molecule has 126 valence electrons. The molecular formula is C19H13FO3S2. The standard InChI is InChI=1S/C19H13FO3S2/c20-14-7-5-13(6-8-14)17(21)12-23-19(22)16(18-4-2-10-25-18)11-15-3-1-9-24-15/h1-11H,12H2/b16-11+. The van der Waals surface area contributed by atoms with E-state index in [4.69, 9.17) is 4.74 Å². The van der Waals surface area contributed by atoms with Crippen LogP contribution in [0.25, 0.3) is 11.6 Å². The summed E-state index contributed by atoms with van der Waals surface area (Å²) in [7, 11) is 0. The Kier molecular flexibility index (Phi) is 5.53. The van der Waals surface area contributed by atoms with Gasteiger partial charge in [0, 0.05) is 15.3 Å². The zero-order chi connectivity index (χ0) is 17.6. The second kappa shape index (κ2) is 8.00. The van der Waals surface area contributed by atoms with Crippen LogP contribution in [0.3, 0.4) is 0 Å². The number of carbonyl (C=O) groups is 2. The van der Waals surface area contributed by atoms with Crippen LogP contribution in [0.5, 0.6) is 0 Å². The van der Waals surface area contributed by atoms with Gasteiger partial charge in [0.25, 0.3) is 0 Å². The summed E-state index contributed by atoms with van der Waals surface area (Å²) in [5, 5.41) is 3.79. The van der Waals surface area contributed by atoms with Crippen molar-refractivity contribution in [3.63, 3.8) is 0 Å². The monoisotopic (exact) mass is 372 g/mol. The first-order valence-corrected chi connectivity index (χ1v) is 9.14. The van der Waals surface area contributed by atoms with E-state index in [1.165, 1.54) is 46.9 Å². The summed E-state index contributed by atoms with van der Waals surface area (Å²) < 4.78 is 18.1. The molecule has 3 nitrogen and oxygen atoms in total. The largest absolute Gasteiger partial charge is 0.454 e. The van der Waals surface area contributed by atoms with Crippen molar-refractivity contribution < 1.29 is 18.7 Å². The average molecular weight is 372 g/mol. The van der Waals surface area contributed by atoms with Gasteiger partial charge in [-0.05, 0) is 53.2 Å². The van der Waals surface area contributed by atoms with E-state index >= 15 is 0 Å². The number of esters is 1. The van der Waals surface area contributed by atoms with Crippen LogP contribution in [0.15, 0.2) is 59.3 Å². The summed E-state index contributed by atoms with van der Waals surface area (Å²) in [6.07, 6.45) is 1.75. The minimum absolute atomic E-state index is 0.300. The lowest BCUT2D eigenvalue weighted by Gasteiger charge is -2.07. The van der Waals surface area contributed by atoms with Crippen molar-refractivity contribution in [3.05, 3.63) is 80.4 Å². The highest BCUT2D eigenvalue weighted by Crippen LogP contribution is 2.25. The van der Waals surface area contributed by atoms with E-state index in [0.29, 0.717) is 11.1 Å². The number of carbonyl (C=O) groups excluding carboxylic acids is 2. The molecular weight excluding hydrogens is 359 g/mol. The number of benzene rings is 1. The van der Waals surface area contributed by atoms with Crippen molar-refractivity contribution in [1.82, 2.24) is 0 Å². The molecule has 0 saturated heterocycles. The molecule has 0 aliphatic heterocycles. The Hall–Kier alpha value is -2.57. The number of hydrogen-bond donors (Lipinski definition) is 0. The van der Waals surface area contributed by atoms with Crippen LogP contribution in [-0.4, -0.2) is 18.4 Å². The fourth-order valence-corrected chi connectivity index (χ4v) is 3.49. The van der Waals surface area contributed by atoms with Crippen LogP contribution in [0.1, 0.15) is 20.1 Å². The summed E-state index contributed by atoms with van der Waals surface area (Å²) in [6, 6.07) is 12.6. The molecule has 0 aliphatic rings. The maximum atomic E-state index is 12.9. The maximum absolute atomic E-state index is 12.9. The number of halogens is 1. The number of hydrogen-bond acceptors (Lipinski definition) is 5. The Labute approximate surface area is 152 Å². The Balaban J connectivity index is 1.73. The summed E-state index contributed by atoms with van der Waals surface area (Å²) >= 11 is 2.93. The third-order valence-corrected chi connectivity index (χ3v) is 5.06. The van der Waals surface area contributed by atoms with E-state index in [-0.39, 0.29) is 5.78 Å². The number of ketones is 1. The second-order valence-corrected chi connectivity index (χ2v) is 6.98.